The Morgan fingerprint density at radius 2 is 2.53 bits per heavy atom. The maximum absolute atomic E-state index is 11.6. The Labute approximate surface area is 89.0 Å². The van der Waals surface area contributed by atoms with E-state index in [2.05, 4.69) is 16.4 Å². The van der Waals surface area contributed by atoms with Crippen LogP contribution < -0.4 is 5.32 Å². The lowest BCUT2D eigenvalue weighted by Crippen LogP contribution is -2.33. The van der Waals surface area contributed by atoms with Crippen molar-refractivity contribution in [1.29, 1.82) is 0 Å². The van der Waals surface area contributed by atoms with E-state index in [9.17, 15) is 4.79 Å². The van der Waals surface area contributed by atoms with Gasteiger partial charge in [-0.1, -0.05) is 24.4 Å². The maximum atomic E-state index is 11.6. The number of aryl methyl sites for hydroxylation is 1. The Bertz CT molecular complexity index is 376. The molecule has 4 nitrogen and oxygen atoms in total. The average Bonchev–Trinajstić information content (AvgIpc) is 2.63. The van der Waals surface area contributed by atoms with Crippen LogP contribution in [0.2, 0.25) is 0 Å². The van der Waals surface area contributed by atoms with Crippen LogP contribution in [0.5, 0.6) is 0 Å². The smallest absolute Gasteiger partial charge is 0.291 e. The first-order valence-corrected chi connectivity index (χ1v) is 4.87. The minimum Gasteiger partial charge on any atom is -0.351 e. The minimum absolute atomic E-state index is 0.228. The van der Waals surface area contributed by atoms with Gasteiger partial charge in [0.2, 0.25) is 5.76 Å². The Morgan fingerprint density at radius 3 is 3.00 bits per heavy atom. The van der Waals surface area contributed by atoms with Crippen LogP contribution in [-0.2, 0) is 0 Å². The molecule has 1 N–H and O–H groups in total. The van der Waals surface area contributed by atoms with Crippen molar-refractivity contribution in [3.05, 3.63) is 17.5 Å². The molecular weight excluding hydrogens is 192 g/mol. The number of hydrogen-bond donors (Lipinski definition) is 1. The van der Waals surface area contributed by atoms with Crippen LogP contribution in [0.25, 0.3) is 0 Å². The molecule has 0 aromatic carbocycles. The molecule has 1 aromatic heterocycles. The van der Waals surface area contributed by atoms with E-state index in [0.717, 1.165) is 12.8 Å². The Balaban J connectivity index is 2.64. The number of carbonyl (C=O) groups is 1. The third-order valence-corrected chi connectivity index (χ3v) is 2.04. The molecule has 4 heteroatoms. The summed E-state index contributed by atoms with van der Waals surface area (Å²) in [5.74, 6) is 2.45. The predicted molar refractivity (Wildman–Crippen MR) is 56.2 cm³/mol. The highest BCUT2D eigenvalue weighted by molar-refractivity contribution is 5.92. The molecule has 80 valence electrons. The summed E-state index contributed by atoms with van der Waals surface area (Å²) in [5.41, 5.74) is 0.708. The van der Waals surface area contributed by atoms with Crippen molar-refractivity contribution >= 4 is 5.91 Å². The van der Waals surface area contributed by atoms with Gasteiger partial charge in [0.05, 0.1) is 12.2 Å². The summed E-state index contributed by atoms with van der Waals surface area (Å²) in [6, 6.07) is -0.244. The number of nitrogens with zero attached hydrogens (tertiary/aromatic N) is 1. The number of amides is 1. The van der Waals surface area contributed by atoms with Crippen LogP contribution in [0.15, 0.2) is 10.7 Å². The molecule has 1 atom stereocenters. The van der Waals surface area contributed by atoms with Crippen molar-refractivity contribution in [2.45, 2.75) is 32.7 Å². The fraction of sp³-hybridized carbons (Fsp3) is 0.455. The lowest BCUT2D eigenvalue weighted by atomic mass is 10.1. The van der Waals surface area contributed by atoms with Gasteiger partial charge >= 0.3 is 0 Å². The van der Waals surface area contributed by atoms with Crippen molar-refractivity contribution < 1.29 is 9.32 Å². The van der Waals surface area contributed by atoms with Crippen LogP contribution in [0, 0.1) is 19.3 Å². The Morgan fingerprint density at radius 1 is 1.80 bits per heavy atom. The van der Waals surface area contributed by atoms with Gasteiger partial charge in [0, 0.05) is 5.56 Å². The van der Waals surface area contributed by atoms with E-state index >= 15 is 0 Å². The largest absolute Gasteiger partial charge is 0.351 e. The average molecular weight is 206 g/mol. The van der Waals surface area contributed by atoms with E-state index < -0.39 is 0 Å². The summed E-state index contributed by atoms with van der Waals surface area (Å²) in [6.45, 7) is 3.77. The molecule has 0 aliphatic carbocycles. The van der Waals surface area contributed by atoms with Crippen LogP contribution in [0.4, 0.5) is 0 Å². The third kappa shape index (κ3) is 2.84. The normalized spacial score (nSPS) is 11.8. The van der Waals surface area contributed by atoms with Gasteiger partial charge in [0.1, 0.15) is 0 Å². The molecule has 0 aliphatic rings. The molecule has 15 heavy (non-hydrogen) atoms. The van der Waals surface area contributed by atoms with E-state index in [1.165, 1.54) is 6.20 Å². The van der Waals surface area contributed by atoms with Gasteiger partial charge in [-0.05, 0) is 13.3 Å². The maximum Gasteiger partial charge on any atom is 0.291 e. The van der Waals surface area contributed by atoms with Crippen LogP contribution in [-0.4, -0.2) is 17.1 Å². The zero-order chi connectivity index (χ0) is 11.3. The Hall–Kier alpha value is -1.76. The first-order chi connectivity index (χ1) is 7.19. The predicted octanol–water partition coefficient (Wildman–Crippen LogP) is 1.51. The fourth-order valence-corrected chi connectivity index (χ4v) is 1.22. The van der Waals surface area contributed by atoms with Gasteiger partial charge in [-0.3, -0.25) is 4.79 Å². The van der Waals surface area contributed by atoms with Crippen molar-refractivity contribution in [2.75, 3.05) is 0 Å². The highest BCUT2D eigenvalue weighted by Crippen LogP contribution is 2.06. The molecule has 0 radical (unpaired) electrons. The SMILES string of the molecule is C#CC(CCC)NC(=O)c1oncc1C. The number of nitrogens with one attached hydrogen (secondary N) is 1. The monoisotopic (exact) mass is 206 g/mol. The molecule has 0 saturated carbocycles. The second kappa shape index (κ2) is 5.20. The van der Waals surface area contributed by atoms with Gasteiger partial charge in [-0.15, -0.1) is 6.42 Å². The molecule has 1 aromatic rings. The number of carbonyl (C=O) groups excluding carboxylic acids is 1. The molecule has 1 amide bonds. The van der Waals surface area contributed by atoms with Gasteiger partial charge in [0.25, 0.3) is 5.91 Å². The first-order valence-electron chi connectivity index (χ1n) is 4.87. The molecule has 1 rings (SSSR count). The summed E-state index contributed by atoms with van der Waals surface area (Å²) in [7, 11) is 0. The zero-order valence-corrected chi connectivity index (χ0v) is 8.91. The quantitative estimate of drug-likeness (QED) is 0.760. The molecule has 0 spiro atoms. The minimum atomic E-state index is -0.304. The van der Waals surface area contributed by atoms with Crippen LogP contribution in [0.3, 0.4) is 0 Å². The molecule has 0 aliphatic heterocycles. The number of terminal acetylenes is 1. The zero-order valence-electron chi connectivity index (χ0n) is 8.91. The third-order valence-electron chi connectivity index (χ3n) is 2.04. The number of aromatic nitrogens is 1. The number of hydrogen-bond acceptors (Lipinski definition) is 3. The van der Waals surface area contributed by atoms with E-state index in [0.29, 0.717) is 5.56 Å². The molecule has 1 unspecified atom stereocenters. The standard InChI is InChI=1S/C11H14N2O2/c1-4-6-9(5-2)13-11(14)10-8(3)7-12-15-10/h2,7,9H,4,6H2,1,3H3,(H,13,14). The van der Waals surface area contributed by atoms with Gasteiger partial charge in [-0.2, -0.15) is 0 Å². The molecule has 0 saturated heterocycles. The van der Waals surface area contributed by atoms with Gasteiger partial charge < -0.3 is 9.84 Å². The molecular formula is C11H14N2O2. The van der Waals surface area contributed by atoms with Gasteiger partial charge in [0.15, 0.2) is 0 Å². The van der Waals surface area contributed by atoms with E-state index in [1.54, 1.807) is 6.92 Å². The highest BCUT2D eigenvalue weighted by atomic mass is 16.5. The summed E-state index contributed by atoms with van der Waals surface area (Å²) >= 11 is 0. The second-order valence-corrected chi connectivity index (χ2v) is 3.32. The molecule has 0 fully saturated rings. The van der Waals surface area contributed by atoms with Crippen molar-refractivity contribution in [3.63, 3.8) is 0 Å². The summed E-state index contributed by atoms with van der Waals surface area (Å²) < 4.78 is 4.82. The van der Waals surface area contributed by atoms with E-state index in [1.807, 2.05) is 6.92 Å². The second-order valence-electron chi connectivity index (χ2n) is 3.32. The first kappa shape index (κ1) is 11.3. The van der Waals surface area contributed by atoms with Crippen LogP contribution >= 0.6 is 0 Å². The summed E-state index contributed by atoms with van der Waals surface area (Å²) in [4.78, 5) is 11.6. The lowest BCUT2D eigenvalue weighted by molar-refractivity contribution is 0.0906. The number of rotatable bonds is 4. The fourth-order valence-electron chi connectivity index (χ4n) is 1.22. The van der Waals surface area contributed by atoms with Crippen molar-refractivity contribution in [1.82, 2.24) is 10.5 Å². The molecule has 1 heterocycles. The summed E-state index contributed by atoms with van der Waals surface area (Å²) in [6.07, 6.45) is 8.47. The van der Waals surface area contributed by atoms with E-state index in [-0.39, 0.29) is 17.7 Å². The van der Waals surface area contributed by atoms with Gasteiger partial charge in [-0.25, -0.2) is 0 Å². The highest BCUT2D eigenvalue weighted by Gasteiger charge is 2.16. The lowest BCUT2D eigenvalue weighted by Gasteiger charge is -2.10. The van der Waals surface area contributed by atoms with E-state index in [4.69, 9.17) is 10.9 Å². The van der Waals surface area contributed by atoms with Crippen molar-refractivity contribution in [2.24, 2.45) is 0 Å². The topological polar surface area (TPSA) is 55.1 Å². The Kier molecular flexibility index (Phi) is 3.92. The molecule has 0 bridgehead atoms. The van der Waals surface area contributed by atoms with Crippen molar-refractivity contribution in [3.8, 4) is 12.3 Å². The van der Waals surface area contributed by atoms with Crippen LogP contribution in [0.1, 0.15) is 35.9 Å². The summed E-state index contributed by atoms with van der Waals surface area (Å²) in [5, 5.41) is 6.24.